The van der Waals surface area contributed by atoms with Crippen molar-refractivity contribution in [2.45, 2.75) is 77.9 Å². The number of unbranched alkanes of at least 4 members (excludes halogenated alkanes) is 1. The van der Waals surface area contributed by atoms with Crippen LogP contribution in [0.15, 0.2) is 4.52 Å². The lowest BCUT2D eigenvalue weighted by atomic mass is 10.0. The number of aryl methyl sites for hydroxylation is 1. The Morgan fingerprint density at radius 1 is 1.38 bits per heavy atom. The molecule has 1 aliphatic rings. The predicted molar refractivity (Wildman–Crippen MR) is 84.1 cm³/mol. The van der Waals surface area contributed by atoms with Crippen LogP contribution in [-0.2, 0) is 13.0 Å². The van der Waals surface area contributed by atoms with E-state index in [2.05, 4.69) is 41.1 Å². The Labute approximate surface area is 128 Å². The van der Waals surface area contributed by atoms with E-state index in [4.69, 9.17) is 4.52 Å². The molecule has 0 aromatic carbocycles. The van der Waals surface area contributed by atoms with Crippen molar-refractivity contribution in [3.8, 4) is 0 Å². The van der Waals surface area contributed by atoms with Gasteiger partial charge in [0.15, 0.2) is 5.82 Å². The van der Waals surface area contributed by atoms with E-state index in [1.54, 1.807) is 0 Å². The minimum atomic E-state index is 0.486. The van der Waals surface area contributed by atoms with Gasteiger partial charge in [-0.25, -0.2) is 0 Å². The van der Waals surface area contributed by atoms with Gasteiger partial charge in [0, 0.05) is 25.0 Å². The van der Waals surface area contributed by atoms with Crippen molar-refractivity contribution in [2.24, 2.45) is 0 Å². The molecule has 120 valence electrons. The van der Waals surface area contributed by atoms with Gasteiger partial charge in [0.25, 0.3) is 0 Å². The summed E-state index contributed by atoms with van der Waals surface area (Å²) in [5.74, 6) is 1.61. The standard InChI is InChI=1S/C16H30N4O/c1-4-5-9-15-18-16(21-19-15)12-20(13(2)3)11-14-8-6-7-10-17-14/h13-14,17H,4-12H2,1-3H3. The molecule has 1 atom stereocenters. The highest BCUT2D eigenvalue weighted by Crippen LogP contribution is 2.13. The Balaban J connectivity index is 1.87. The Morgan fingerprint density at radius 2 is 2.24 bits per heavy atom. The summed E-state index contributed by atoms with van der Waals surface area (Å²) in [4.78, 5) is 6.95. The molecule has 0 spiro atoms. The molecule has 0 amide bonds. The largest absolute Gasteiger partial charge is 0.338 e. The Hall–Kier alpha value is -0.940. The molecule has 0 bridgehead atoms. The van der Waals surface area contributed by atoms with Crippen LogP contribution in [0, 0.1) is 0 Å². The molecule has 21 heavy (non-hydrogen) atoms. The molecule has 2 heterocycles. The Kier molecular flexibility index (Phi) is 6.64. The summed E-state index contributed by atoms with van der Waals surface area (Å²) in [6.45, 7) is 9.62. The van der Waals surface area contributed by atoms with E-state index >= 15 is 0 Å². The molecule has 1 aromatic rings. The smallest absolute Gasteiger partial charge is 0.240 e. The molecule has 0 aliphatic carbocycles. The van der Waals surface area contributed by atoms with Crippen LogP contribution in [0.3, 0.4) is 0 Å². The van der Waals surface area contributed by atoms with E-state index in [1.165, 1.54) is 19.3 Å². The second-order valence-corrected chi connectivity index (χ2v) is 6.38. The third-order valence-corrected chi connectivity index (χ3v) is 4.20. The minimum Gasteiger partial charge on any atom is -0.338 e. The van der Waals surface area contributed by atoms with Crippen LogP contribution in [0.2, 0.25) is 0 Å². The van der Waals surface area contributed by atoms with Gasteiger partial charge in [-0.3, -0.25) is 4.90 Å². The molecule has 1 aliphatic heterocycles. The highest BCUT2D eigenvalue weighted by atomic mass is 16.5. The van der Waals surface area contributed by atoms with Crippen molar-refractivity contribution in [1.82, 2.24) is 20.4 Å². The summed E-state index contributed by atoms with van der Waals surface area (Å²) in [5.41, 5.74) is 0. The zero-order chi connectivity index (χ0) is 15.1. The van der Waals surface area contributed by atoms with Gasteiger partial charge in [0.1, 0.15) is 0 Å². The van der Waals surface area contributed by atoms with Gasteiger partial charge in [-0.15, -0.1) is 0 Å². The van der Waals surface area contributed by atoms with Crippen molar-refractivity contribution in [1.29, 1.82) is 0 Å². The number of aromatic nitrogens is 2. The van der Waals surface area contributed by atoms with Crippen molar-refractivity contribution < 1.29 is 4.52 Å². The zero-order valence-corrected chi connectivity index (χ0v) is 13.8. The fourth-order valence-corrected chi connectivity index (χ4v) is 2.79. The minimum absolute atomic E-state index is 0.486. The van der Waals surface area contributed by atoms with Crippen LogP contribution in [-0.4, -0.2) is 40.2 Å². The van der Waals surface area contributed by atoms with Crippen molar-refractivity contribution in [2.75, 3.05) is 13.1 Å². The first-order valence-electron chi connectivity index (χ1n) is 8.48. The Bertz CT molecular complexity index is 399. The average Bonchev–Trinajstić information content (AvgIpc) is 2.93. The van der Waals surface area contributed by atoms with E-state index in [0.717, 1.165) is 50.6 Å². The fourth-order valence-electron chi connectivity index (χ4n) is 2.79. The normalized spacial score (nSPS) is 19.6. The highest BCUT2D eigenvalue weighted by molar-refractivity contribution is 4.88. The first kappa shape index (κ1) is 16.4. The lowest BCUT2D eigenvalue weighted by Crippen LogP contribution is -2.45. The molecule has 1 fully saturated rings. The summed E-state index contributed by atoms with van der Waals surface area (Å²) in [6, 6.07) is 1.09. The van der Waals surface area contributed by atoms with Crippen molar-refractivity contribution in [3.05, 3.63) is 11.7 Å². The maximum atomic E-state index is 5.41. The first-order valence-corrected chi connectivity index (χ1v) is 8.48. The highest BCUT2D eigenvalue weighted by Gasteiger charge is 2.20. The number of rotatable bonds is 8. The number of nitrogens with zero attached hydrogens (tertiary/aromatic N) is 3. The topological polar surface area (TPSA) is 54.2 Å². The van der Waals surface area contributed by atoms with Gasteiger partial charge in [-0.05, 0) is 39.7 Å². The molecule has 5 heteroatoms. The molecule has 2 rings (SSSR count). The van der Waals surface area contributed by atoms with Gasteiger partial charge in [-0.2, -0.15) is 4.98 Å². The SMILES string of the molecule is CCCCc1noc(CN(CC2CCCCN2)C(C)C)n1. The third-order valence-electron chi connectivity index (χ3n) is 4.20. The molecular formula is C16H30N4O. The van der Waals surface area contributed by atoms with E-state index in [-0.39, 0.29) is 0 Å². The molecule has 1 N–H and O–H groups in total. The second kappa shape index (κ2) is 8.49. The summed E-state index contributed by atoms with van der Waals surface area (Å²) in [5, 5.41) is 7.70. The summed E-state index contributed by atoms with van der Waals surface area (Å²) >= 11 is 0. The molecule has 1 saturated heterocycles. The van der Waals surface area contributed by atoms with Crippen molar-refractivity contribution >= 4 is 0 Å². The molecule has 1 aromatic heterocycles. The van der Waals surface area contributed by atoms with Crippen molar-refractivity contribution in [3.63, 3.8) is 0 Å². The van der Waals surface area contributed by atoms with Crippen LogP contribution in [0.1, 0.15) is 64.6 Å². The lowest BCUT2D eigenvalue weighted by molar-refractivity contribution is 0.157. The summed E-state index contributed by atoms with van der Waals surface area (Å²) in [7, 11) is 0. The second-order valence-electron chi connectivity index (χ2n) is 6.38. The Morgan fingerprint density at radius 3 is 2.90 bits per heavy atom. The van der Waals surface area contributed by atoms with Gasteiger partial charge >= 0.3 is 0 Å². The van der Waals surface area contributed by atoms with Gasteiger partial charge in [0.05, 0.1) is 6.54 Å². The molecule has 5 nitrogen and oxygen atoms in total. The van der Waals surface area contributed by atoms with Crippen LogP contribution < -0.4 is 5.32 Å². The monoisotopic (exact) mass is 294 g/mol. The number of nitrogens with one attached hydrogen (secondary N) is 1. The average molecular weight is 294 g/mol. The molecule has 0 saturated carbocycles. The maximum Gasteiger partial charge on any atom is 0.240 e. The van der Waals surface area contributed by atoms with E-state index < -0.39 is 0 Å². The van der Waals surface area contributed by atoms with Gasteiger partial charge in [0.2, 0.25) is 5.89 Å². The van der Waals surface area contributed by atoms with E-state index in [0.29, 0.717) is 12.1 Å². The van der Waals surface area contributed by atoms with Gasteiger partial charge in [-0.1, -0.05) is 24.9 Å². The maximum absolute atomic E-state index is 5.41. The van der Waals surface area contributed by atoms with Crippen LogP contribution in [0.4, 0.5) is 0 Å². The fraction of sp³-hybridized carbons (Fsp3) is 0.875. The van der Waals surface area contributed by atoms with Crippen LogP contribution >= 0.6 is 0 Å². The lowest BCUT2D eigenvalue weighted by Gasteiger charge is -2.32. The molecule has 0 radical (unpaired) electrons. The number of piperidine rings is 1. The zero-order valence-electron chi connectivity index (χ0n) is 13.8. The summed E-state index contributed by atoms with van der Waals surface area (Å²) < 4.78 is 5.41. The first-order chi connectivity index (χ1) is 10.2. The van der Waals surface area contributed by atoms with E-state index in [1.807, 2.05) is 0 Å². The molecule has 1 unspecified atom stereocenters. The van der Waals surface area contributed by atoms with Gasteiger partial charge < -0.3 is 9.84 Å². The number of hydrogen-bond donors (Lipinski definition) is 1. The van der Waals surface area contributed by atoms with E-state index in [9.17, 15) is 0 Å². The summed E-state index contributed by atoms with van der Waals surface area (Å²) in [6.07, 6.45) is 7.13. The number of hydrogen-bond acceptors (Lipinski definition) is 5. The molecular weight excluding hydrogens is 264 g/mol. The van der Waals surface area contributed by atoms with Crippen LogP contribution in [0.25, 0.3) is 0 Å². The van der Waals surface area contributed by atoms with Crippen LogP contribution in [0.5, 0.6) is 0 Å². The quantitative estimate of drug-likeness (QED) is 0.799. The third kappa shape index (κ3) is 5.40. The predicted octanol–water partition coefficient (Wildman–Crippen LogP) is 2.76.